The number of hydrogen-bond acceptors (Lipinski definition) is 4. The molecule has 1 fully saturated rings. The zero-order valence-electron chi connectivity index (χ0n) is 12.4. The van der Waals surface area contributed by atoms with Gasteiger partial charge in [0.2, 0.25) is 0 Å². The first-order chi connectivity index (χ1) is 9.11. The molecule has 2 unspecified atom stereocenters. The van der Waals surface area contributed by atoms with Gasteiger partial charge in [0.1, 0.15) is 17.3 Å². The largest absolute Gasteiger partial charge is 0.481 e. The number of rotatable bonds is 5. The third-order valence-corrected chi connectivity index (χ3v) is 3.40. The summed E-state index contributed by atoms with van der Waals surface area (Å²) >= 11 is 0. The van der Waals surface area contributed by atoms with Crippen molar-refractivity contribution in [3.8, 4) is 0 Å². The van der Waals surface area contributed by atoms with Crippen molar-refractivity contribution in [1.82, 2.24) is 5.32 Å². The summed E-state index contributed by atoms with van der Waals surface area (Å²) in [7, 11) is 0. The number of aliphatic carboxylic acids is 1. The van der Waals surface area contributed by atoms with Gasteiger partial charge in [0.05, 0.1) is 6.04 Å². The number of Topliss-reactive ketones (excluding diaryl/α,β-unsaturated/α-hetero) is 1. The van der Waals surface area contributed by atoms with Gasteiger partial charge in [0.25, 0.3) is 0 Å². The Hall–Kier alpha value is -1.59. The van der Waals surface area contributed by atoms with Crippen LogP contribution in [0.2, 0.25) is 0 Å². The minimum absolute atomic E-state index is 0.0209. The molecule has 0 aromatic rings. The molecule has 1 saturated carbocycles. The van der Waals surface area contributed by atoms with Crippen molar-refractivity contribution in [3.63, 3.8) is 0 Å². The lowest BCUT2D eigenvalue weighted by atomic mass is 9.74. The van der Waals surface area contributed by atoms with Crippen molar-refractivity contribution in [2.45, 2.75) is 58.6 Å². The molecule has 0 bridgehead atoms. The average molecular weight is 285 g/mol. The van der Waals surface area contributed by atoms with E-state index in [1.807, 2.05) is 0 Å². The number of carbonyl (C=O) groups is 3. The number of ketones is 1. The van der Waals surface area contributed by atoms with Gasteiger partial charge in [-0.15, -0.1) is 0 Å². The van der Waals surface area contributed by atoms with Gasteiger partial charge in [-0.1, -0.05) is 6.42 Å². The fourth-order valence-electron chi connectivity index (χ4n) is 2.30. The van der Waals surface area contributed by atoms with Crippen molar-refractivity contribution >= 4 is 17.8 Å². The fourth-order valence-corrected chi connectivity index (χ4v) is 2.30. The molecular weight excluding hydrogens is 262 g/mol. The molecule has 1 amide bonds. The SMILES string of the molecule is CC(=O)C(C(=O)O)C(NC(=O)OC(C)(C)C)C1CCC1. The zero-order valence-corrected chi connectivity index (χ0v) is 12.4. The molecule has 6 heteroatoms. The third kappa shape index (κ3) is 4.51. The Labute approximate surface area is 118 Å². The van der Waals surface area contributed by atoms with Crippen LogP contribution in [0.1, 0.15) is 47.0 Å². The van der Waals surface area contributed by atoms with Gasteiger partial charge in [0, 0.05) is 0 Å². The van der Waals surface area contributed by atoms with Crippen LogP contribution in [0.5, 0.6) is 0 Å². The van der Waals surface area contributed by atoms with Gasteiger partial charge in [-0.2, -0.15) is 0 Å². The van der Waals surface area contributed by atoms with Crippen LogP contribution in [0, 0.1) is 11.8 Å². The first kappa shape index (κ1) is 16.5. The van der Waals surface area contributed by atoms with Crippen LogP contribution in [0.15, 0.2) is 0 Å². The number of carboxylic acids is 1. The van der Waals surface area contributed by atoms with E-state index in [0.717, 1.165) is 19.3 Å². The molecule has 114 valence electrons. The molecule has 20 heavy (non-hydrogen) atoms. The third-order valence-electron chi connectivity index (χ3n) is 3.40. The van der Waals surface area contributed by atoms with Crippen LogP contribution >= 0.6 is 0 Å². The molecule has 0 aliphatic heterocycles. The summed E-state index contributed by atoms with van der Waals surface area (Å²) in [5.41, 5.74) is -0.664. The van der Waals surface area contributed by atoms with E-state index >= 15 is 0 Å². The normalized spacial score (nSPS) is 18.6. The maximum Gasteiger partial charge on any atom is 0.407 e. The van der Waals surface area contributed by atoms with Crippen molar-refractivity contribution < 1.29 is 24.2 Å². The number of carboxylic acid groups (broad SMARTS) is 1. The summed E-state index contributed by atoms with van der Waals surface area (Å²) in [4.78, 5) is 34.7. The molecule has 1 aliphatic rings. The standard InChI is InChI=1S/C14H23NO5/c1-8(16)10(12(17)18)11(9-6-5-7-9)15-13(19)20-14(2,3)4/h9-11H,5-7H2,1-4H3,(H,15,19)(H,17,18). The van der Waals surface area contributed by atoms with Crippen LogP contribution in [0.4, 0.5) is 4.79 Å². The summed E-state index contributed by atoms with van der Waals surface area (Å²) in [6.07, 6.45) is 1.94. The van der Waals surface area contributed by atoms with E-state index in [1.54, 1.807) is 20.8 Å². The molecule has 0 saturated heterocycles. The van der Waals surface area contributed by atoms with E-state index in [-0.39, 0.29) is 5.92 Å². The van der Waals surface area contributed by atoms with Gasteiger partial charge >= 0.3 is 12.1 Å². The minimum Gasteiger partial charge on any atom is -0.481 e. The average Bonchev–Trinajstić information content (AvgIpc) is 2.08. The molecule has 0 aromatic heterocycles. The molecule has 2 N–H and O–H groups in total. The number of amides is 1. The highest BCUT2D eigenvalue weighted by Crippen LogP contribution is 2.33. The highest BCUT2D eigenvalue weighted by atomic mass is 16.6. The predicted molar refractivity (Wildman–Crippen MR) is 72.3 cm³/mol. The molecule has 2 atom stereocenters. The predicted octanol–water partition coefficient (Wildman–Crippen LogP) is 1.97. The highest BCUT2D eigenvalue weighted by Gasteiger charge is 2.41. The molecular formula is C14H23NO5. The molecule has 0 heterocycles. The summed E-state index contributed by atoms with van der Waals surface area (Å²) < 4.78 is 5.14. The van der Waals surface area contributed by atoms with Gasteiger partial charge < -0.3 is 15.2 Å². The quantitative estimate of drug-likeness (QED) is 0.753. The van der Waals surface area contributed by atoms with E-state index in [1.165, 1.54) is 6.92 Å². The molecule has 0 spiro atoms. The maximum atomic E-state index is 11.8. The first-order valence-corrected chi connectivity index (χ1v) is 6.84. The number of ether oxygens (including phenoxy) is 1. The second-order valence-corrected chi connectivity index (χ2v) is 6.29. The van der Waals surface area contributed by atoms with E-state index in [9.17, 15) is 19.5 Å². The van der Waals surface area contributed by atoms with E-state index in [2.05, 4.69) is 5.32 Å². The van der Waals surface area contributed by atoms with Crippen LogP contribution < -0.4 is 5.32 Å². The summed E-state index contributed by atoms with van der Waals surface area (Å²) in [6.45, 7) is 6.42. The van der Waals surface area contributed by atoms with E-state index in [0.29, 0.717) is 0 Å². The smallest absolute Gasteiger partial charge is 0.407 e. The Kier molecular flexibility index (Phi) is 5.14. The number of carbonyl (C=O) groups excluding carboxylic acids is 2. The van der Waals surface area contributed by atoms with Gasteiger partial charge in [-0.05, 0) is 46.5 Å². The lowest BCUT2D eigenvalue weighted by Crippen LogP contribution is -2.53. The molecule has 0 radical (unpaired) electrons. The fraction of sp³-hybridized carbons (Fsp3) is 0.786. The second kappa shape index (κ2) is 6.24. The Morgan fingerprint density at radius 1 is 1.25 bits per heavy atom. The highest BCUT2D eigenvalue weighted by molar-refractivity contribution is 5.98. The van der Waals surface area contributed by atoms with Crippen LogP contribution in [-0.4, -0.2) is 34.6 Å². The number of nitrogens with one attached hydrogen (secondary N) is 1. The molecule has 1 aliphatic carbocycles. The number of alkyl carbamates (subject to hydrolysis) is 1. The Bertz CT molecular complexity index is 381. The van der Waals surface area contributed by atoms with Crippen molar-refractivity contribution in [2.75, 3.05) is 0 Å². The topological polar surface area (TPSA) is 92.7 Å². The lowest BCUT2D eigenvalue weighted by Gasteiger charge is -2.37. The number of hydrogen-bond donors (Lipinski definition) is 2. The summed E-state index contributed by atoms with van der Waals surface area (Å²) in [6, 6.07) is -0.700. The maximum absolute atomic E-state index is 11.8. The molecule has 0 aromatic carbocycles. The van der Waals surface area contributed by atoms with Crippen molar-refractivity contribution in [2.24, 2.45) is 11.8 Å². The van der Waals surface area contributed by atoms with E-state index in [4.69, 9.17) is 4.74 Å². The van der Waals surface area contributed by atoms with Gasteiger partial charge in [0.15, 0.2) is 0 Å². The van der Waals surface area contributed by atoms with Crippen LogP contribution in [-0.2, 0) is 14.3 Å². The monoisotopic (exact) mass is 285 g/mol. The molecule has 1 rings (SSSR count). The van der Waals surface area contributed by atoms with Crippen molar-refractivity contribution in [3.05, 3.63) is 0 Å². The zero-order chi connectivity index (χ0) is 15.5. The van der Waals surface area contributed by atoms with Crippen LogP contribution in [0.3, 0.4) is 0 Å². The lowest BCUT2D eigenvalue weighted by molar-refractivity contribution is -0.148. The second-order valence-electron chi connectivity index (χ2n) is 6.29. The van der Waals surface area contributed by atoms with Gasteiger partial charge in [-0.25, -0.2) is 4.79 Å². The first-order valence-electron chi connectivity index (χ1n) is 6.84. The van der Waals surface area contributed by atoms with Crippen LogP contribution in [0.25, 0.3) is 0 Å². The molecule has 6 nitrogen and oxygen atoms in total. The van der Waals surface area contributed by atoms with Gasteiger partial charge in [-0.3, -0.25) is 9.59 Å². The van der Waals surface area contributed by atoms with Crippen molar-refractivity contribution in [1.29, 1.82) is 0 Å². The summed E-state index contributed by atoms with van der Waals surface area (Å²) in [5.74, 6) is -2.85. The van der Waals surface area contributed by atoms with E-state index < -0.39 is 35.4 Å². The Morgan fingerprint density at radius 3 is 2.10 bits per heavy atom. The summed E-state index contributed by atoms with van der Waals surface area (Å²) in [5, 5.41) is 11.8. The minimum atomic E-state index is -1.21. The Morgan fingerprint density at radius 2 is 1.80 bits per heavy atom. The Balaban J connectivity index is 2.81.